The van der Waals surface area contributed by atoms with E-state index < -0.39 is 11.8 Å². The molecule has 0 saturated carbocycles. The zero-order valence-electron chi connectivity index (χ0n) is 18.7. The van der Waals surface area contributed by atoms with Crippen LogP contribution in [0.15, 0.2) is 72.8 Å². The first-order chi connectivity index (χ1) is 17.0. The first-order valence-corrected chi connectivity index (χ1v) is 11.1. The van der Waals surface area contributed by atoms with Crippen molar-refractivity contribution in [2.45, 2.75) is 18.5 Å². The van der Waals surface area contributed by atoms with Crippen LogP contribution in [0.5, 0.6) is 5.75 Å². The summed E-state index contributed by atoms with van der Waals surface area (Å²) in [6, 6.07) is 20.2. The Balaban J connectivity index is 1.41. The molecule has 0 fully saturated rings. The number of rotatable bonds is 4. The van der Waals surface area contributed by atoms with E-state index in [0.29, 0.717) is 23.5 Å². The Morgan fingerprint density at radius 2 is 1.54 bits per heavy atom. The summed E-state index contributed by atoms with van der Waals surface area (Å²) in [5.74, 6) is -0.0908. The molecule has 2 atom stereocenters. The van der Waals surface area contributed by atoms with Crippen LogP contribution >= 0.6 is 0 Å². The highest BCUT2D eigenvalue weighted by Crippen LogP contribution is 2.39. The number of fused-ring (bicyclic) bond motifs is 2. The molecule has 2 amide bonds. The van der Waals surface area contributed by atoms with E-state index in [4.69, 9.17) is 4.74 Å². The van der Waals surface area contributed by atoms with E-state index in [0.717, 1.165) is 21.8 Å². The zero-order chi connectivity index (χ0) is 24.1. The fraction of sp³-hybridized carbons (Fsp3) is 0.154. The molecule has 0 saturated heterocycles. The van der Waals surface area contributed by atoms with E-state index in [1.807, 2.05) is 24.3 Å². The fourth-order valence-electron chi connectivity index (χ4n) is 4.65. The van der Waals surface area contributed by atoms with Crippen molar-refractivity contribution in [1.82, 2.24) is 14.8 Å². The van der Waals surface area contributed by atoms with Crippen molar-refractivity contribution in [3.05, 3.63) is 101 Å². The number of nitrogens with one attached hydrogen (secondary N) is 1. The van der Waals surface area contributed by atoms with Crippen molar-refractivity contribution in [2.75, 3.05) is 17.3 Å². The third-order valence-corrected chi connectivity index (χ3v) is 6.44. The van der Waals surface area contributed by atoms with Gasteiger partial charge in [-0.1, -0.05) is 36.4 Å². The van der Waals surface area contributed by atoms with Crippen molar-refractivity contribution in [2.24, 2.45) is 0 Å². The van der Waals surface area contributed by atoms with Gasteiger partial charge in [-0.3, -0.25) is 9.59 Å². The van der Waals surface area contributed by atoms with Gasteiger partial charge in [-0.05, 0) is 53.9 Å². The maximum atomic E-state index is 13.6. The van der Waals surface area contributed by atoms with Crippen molar-refractivity contribution >= 4 is 23.7 Å². The molecule has 4 aromatic rings. The molecule has 2 aliphatic heterocycles. The lowest BCUT2D eigenvalue weighted by molar-refractivity contribution is 0.0923. The number of amides is 2. The summed E-state index contributed by atoms with van der Waals surface area (Å²) in [5.41, 5.74) is 2.50. The van der Waals surface area contributed by atoms with Gasteiger partial charge in [0, 0.05) is 0 Å². The molecule has 0 aliphatic carbocycles. The molecule has 8 nitrogen and oxygen atoms in total. The number of nitrogens with zero attached hydrogens (tertiary/aromatic N) is 4. The van der Waals surface area contributed by atoms with Gasteiger partial charge in [0.25, 0.3) is 17.8 Å². The van der Waals surface area contributed by atoms with Gasteiger partial charge in [0.1, 0.15) is 11.6 Å². The molecular formula is C26H20FN5O3. The summed E-state index contributed by atoms with van der Waals surface area (Å²) in [5, 5.41) is 7.95. The predicted octanol–water partition coefficient (Wildman–Crippen LogP) is 4.37. The number of imide groups is 1. The number of carbonyl (C=O) groups is 2. The van der Waals surface area contributed by atoms with Gasteiger partial charge in [-0.2, -0.15) is 4.98 Å². The molecule has 0 spiro atoms. The quantitative estimate of drug-likeness (QED) is 0.447. The molecule has 35 heavy (non-hydrogen) atoms. The summed E-state index contributed by atoms with van der Waals surface area (Å²) >= 11 is 0. The number of ether oxygens (including phenoxy) is 1. The Morgan fingerprint density at radius 1 is 0.914 bits per heavy atom. The van der Waals surface area contributed by atoms with Crippen LogP contribution in [0.3, 0.4) is 0 Å². The Hall–Kier alpha value is -4.53. The molecule has 6 rings (SSSR count). The van der Waals surface area contributed by atoms with Gasteiger partial charge in [0.2, 0.25) is 5.95 Å². The van der Waals surface area contributed by atoms with Crippen LogP contribution in [0.2, 0.25) is 0 Å². The Bertz CT molecular complexity index is 1410. The summed E-state index contributed by atoms with van der Waals surface area (Å²) in [6.07, 6.45) is 0.593. The van der Waals surface area contributed by atoms with Crippen LogP contribution in [0.4, 0.5) is 16.3 Å². The predicted molar refractivity (Wildman–Crippen MR) is 126 cm³/mol. The number of hydrogen-bond donors (Lipinski definition) is 1. The third-order valence-electron chi connectivity index (χ3n) is 6.44. The first-order valence-electron chi connectivity index (χ1n) is 11.1. The van der Waals surface area contributed by atoms with E-state index in [1.54, 1.807) is 48.2 Å². The van der Waals surface area contributed by atoms with E-state index in [9.17, 15) is 14.0 Å². The maximum Gasteiger partial charge on any atom is 0.268 e. The average molecular weight is 469 g/mol. The van der Waals surface area contributed by atoms with Gasteiger partial charge in [-0.25, -0.2) is 14.0 Å². The SMILES string of the molecule is COc1ccc([C@@H]2C[C@@H](c3ccc(F)cc3)n3nc(N4C(=O)c5ccccc5C4=O)nc3N2)cc1. The Kier molecular flexibility index (Phi) is 4.84. The molecule has 0 radical (unpaired) electrons. The number of aromatic nitrogens is 3. The highest BCUT2D eigenvalue weighted by atomic mass is 19.1. The number of carbonyl (C=O) groups excluding carboxylic acids is 2. The molecule has 174 valence electrons. The van der Waals surface area contributed by atoms with Gasteiger partial charge in [0.05, 0.1) is 30.3 Å². The molecule has 1 aromatic heterocycles. The van der Waals surface area contributed by atoms with Gasteiger partial charge < -0.3 is 10.1 Å². The number of hydrogen-bond acceptors (Lipinski definition) is 6. The fourth-order valence-corrected chi connectivity index (χ4v) is 4.65. The largest absolute Gasteiger partial charge is 0.497 e. The monoisotopic (exact) mass is 469 g/mol. The second-order valence-electron chi connectivity index (χ2n) is 8.44. The summed E-state index contributed by atoms with van der Waals surface area (Å²) < 4.78 is 20.6. The van der Waals surface area contributed by atoms with E-state index >= 15 is 0 Å². The van der Waals surface area contributed by atoms with Gasteiger partial charge in [-0.15, -0.1) is 5.10 Å². The number of halogens is 1. The van der Waals surface area contributed by atoms with Gasteiger partial charge in [0.15, 0.2) is 0 Å². The maximum absolute atomic E-state index is 13.6. The van der Waals surface area contributed by atoms with Crippen molar-refractivity contribution in [1.29, 1.82) is 0 Å². The zero-order valence-corrected chi connectivity index (χ0v) is 18.7. The number of anilines is 2. The van der Waals surface area contributed by atoms with Gasteiger partial charge >= 0.3 is 0 Å². The standard InChI is InChI=1S/C26H20FN5O3/c1-35-18-12-8-15(9-13-18)21-14-22(16-6-10-17(27)11-7-16)32-25(28-21)29-26(30-32)31-23(33)19-4-2-3-5-20(19)24(31)34/h2-13,21-22H,14H2,1H3,(H,28,29,30)/t21-,22-/m0/s1. The molecule has 0 bridgehead atoms. The lowest BCUT2D eigenvalue weighted by atomic mass is 9.93. The molecular weight excluding hydrogens is 449 g/mol. The van der Waals surface area contributed by atoms with E-state index in [-0.39, 0.29) is 23.8 Å². The van der Waals surface area contributed by atoms with Crippen molar-refractivity contribution in [3.8, 4) is 5.75 Å². The van der Waals surface area contributed by atoms with Crippen molar-refractivity contribution in [3.63, 3.8) is 0 Å². The lowest BCUT2D eigenvalue weighted by Gasteiger charge is -2.31. The molecule has 3 aromatic carbocycles. The highest BCUT2D eigenvalue weighted by molar-refractivity contribution is 6.33. The minimum absolute atomic E-state index is 0.00110. The summed E-state index contributed by atoms with van der Waals surface area (Å²) in [7, 11) is 1.61. The molecule has 9 heteroatoms. The topological polar surface area (TPSA) is 89.4 Å². The Labute approximate surface area is 200 Å². The second kappa shape index (κ2) is 8.05. The van der Waals surface area contributed by atoms with E-state index in [2.05, 4.69) is 15.4 Å². The molecule has 0 unspecified atom stereocenters. The first kappa shape index (κ1) is 21.0. The van der Waals surface area contributed by atoms with Crippen LogP contribution in [0.25, 0.3) is 0 Å². The summed E-state index contributed by atoms with van der Waals surface area (Å²) in [4.78, 5) is 31.5. The molecule has 2 aliphatic rings. The molecule has 1 N–H and O–H groups in total. The van der Waals surface area contributed by atoms with E-state index in [1.165, 1.54) is 12.1 Å². The second-order valence-corrected chi connectivity index (χ2v) is 8.44. The van der Waals surface area contributed by atoms with Crippen LogP contribution in [0.1, 0.15) is 50.3 Å². The normalized spacial score (nSPS) is 18.7. The lowest BCUT2D eigenvalue weighted by Crippen LogP contribution is -2.30. The minimum Gasteiger partial charge on any atom is -0.497 e. The highest BCUT2D eigenvalue weighted by Gasteiger charge is 2.40. The minimum atomic E-state index is -0.460. The van der Waals surface area contributed by atoms with Crippen molar-refractivity contribution < 1.29 is 18.7 Å². The third kappa shape index (κ3) is 3.43. The van der Waals surface area contributed by atoms with Crippen LogP contribution < -0.4 is 15.0 Å². The smallest absolute Gasteiger partial charge is 0.268 e. The Morgan fingerprint density at radius 3 is 2.17 bits per heavy atom. The van der Waals surface area contributed by atoms with Crippen LogP contribution in [0, 0.1) is 5.82 Å². The molecule has 3 heterocycles. The summed E-state index contributed by atoms with van der Waals surface area (Å²) in [6.45, 7) is 0. The van der Waals surface area contributed by atoms with Crippen LogP contribution in [-0.4, -0.2) is 33.7 Å². The average Bonchev–Trinajstić information content (AvgIpc) is 3.42. The number of methoxy groups -OCH3 is 1. The number of benzene rings is 3. The van der Waals surface area contributed by atoms with Crippen LogP contribution in [-0.2, 0) is 0 Å².